The number of rotatable bonds is 8. The predicted molar refractivity (Wildman–Crippen MR) is 125 cm³/mol. The number of hydrogen-bond acceptors (Lipinski definition) is 3. The summed E-state index contributed by atoms with van der Waals surface area (Å²) in [5.41, 5.74) is 6.70. The molecule has 1 atom stereocenters. The summed E-state index contributed by atoms with van der Waals surface area (Å²) in [4.78, 5) is 10.6. The minimum atomic E-state index is -0.724. The fourth-order valence-corrected chi connectivity index (χ4v) is 4.70. The molecule has 0 aromatic heterocycles. The first-order chi connectivity index (χ1) is 14.7. The first-order valence-electron chi connectivity index (χ1n) is 11.0. The molecule has 1 heterocycles. The molecule has 0 spiro atoms. The number of carboxylic acid groups (broad SMARTS) is 1. The van der Waals surface area contributed by atoms with Crippen LogP contribution in [0.5, 0.6) is 11.5 Å². The van der Waals surface area contributed by atoms with Crippen LogP contribution in [0.1, 0.15) is 78.8 Å². The zero-order chi connectivity index (χ0) is 22.8. The number of carbonyl (C=O) groups is 1. The van der Waals surface area contributed by atoms with Crippen molar-refractivity contribution < 1.29 is 19.4 Å². The zero-order valence-electron chi connectivity index (χ0n) is 19.5. The molecule has 1 unspecified atom stereocenters. The lowest BCUT2D eigenvalue weighted by Gasteiger charge is -2.27. The number of fused-ring (bicyclic) bond motifs is 1. The molecule has 1 aliphatic rings. The zero-order valence-corrected chi connectivity index (χ0v) is 19.5. The highest BCUT2D eigenvalue weighted by atomic mass is 16.5. The number of benzene rings is 2. The molecule has 0 radical (unpaired) electrons. The summed E-state index contributed by atoms with van der Waals surface area (Å²) in [6, 6.07) is 8.67. The first-order valence-corrected chi connectivity index (χ1v) is 11.0. The molecule has 3 rings (SSSR count). The van der Waals surface area contributed by atoms with Crippen LogP contribution in [0.15, 0.2) is 30.3 Å². The second-order valence-corrected chi connectivity index (χ2v) is 9.00. The Hall–Kier alpha value is -2.75. The van der Waals surface area contributed by atoms with Crippen LogP contribution in [0.25, 0.3) is 6.08 Å². The summed E-state index contributed by atoms with van der Waals surface area (Å²) < 4.78 is 12.2. The van der Waals surface area contributed by atoms with Gasteiger partial charge in [-0.3, -0.25) is 4.79 Å². The maximum Gasteiger partial charge on any atom is 0.303 e. The SMILES string of the molecule is COc1c(C)c(C)c2c(c1C)C(c1ccc(/C=C/CCCCC(=O)O)cc1)C(C)(C)O2. The number of aliphatic carboxylic acids is 1. The van der Waals surface area contributed by atoms with Crippen molar-refractivity contribution in [3.8, 4) is 11.5 Å². The van der Waals surface area contributed by atoms with E-state index in [2.05, 4.69) is 71.0 Å². The molecule has 1 aliphatic heterocycles. The first kappa shape index (κ1) is 22.9. The average Bonchev–Trinajstić information content (AvgIpc) is 3.01. The molecule has 0 saturated heterocycles. The molecule has 0 aliphatic carbocycles. The van der Waals surface area contributed by atoms with E-state index in [4.69, 9.17) is 14.6 Å². The van der Waals surface area contributed by atoms with Crippen molar-refractivity contribution in [3.63, 3.8) is 0 Å². The molecule has 0 saturated carbocycles. The van der Waals surface area contributed by atoms with Gasteiger partial charge in [0.15, 0.2) is 0 Å². The summed E-state index contributed by atoms with van der Waals surface area (Å²) in [6.07, 6.45) is 6.98. The number of unbranched alkanes of at least 4 members (excludes halogenated alkanes) is 2. The smallest absolute Gasteiger partial charge is 0.303 e. The van der Waals surface area contributed by atoms with Crippen LogP contribution in [0.2, 0.25) is 0 Å². The molecule has 0 fully saturated rings. The Kier molecular flexibility index (Phi) is 6.78. The van der Waals surface area contributed by atoms with Crippen molar-refractivity contribution in [1.29, 1.82) is 0 Å². The van der Waals surface area contributed by atoms with Crippen LogP contribution in [-0.2, 0) is 4.79 Å². The van der Waals surface area contributed by atoms with E-state index >= 15 is 0 Å². The van der Waals surface area contributed by atoms with Gasteiger partial charge in [0.1, 0.15) is 17.1 Å². The highest BCUT2D eigenvalue weighted by molar-refractivity contribution is 5.66. The van der Waals surface area contributed by atoms with E-state index in [0.29, 0.717) is 0 Å². The van der Waals surface area contributed by atoms with Gasteiger partial charge in [-0.2, -0.15) is 0 Å². The molecule has 0 amide bonds. The summed E-state index contributed by atoms with van der Waals surface area (Å²) in [6.45, 7) is 10.6. The van der Waals surface area contributed by atoms with Gasteiger partial charge in [0, 0.05) is 12.0 Å². The van der Waals surface area contributed by atoms with E-state index < -0.39 is 5.97 Å². The van der Waals surface area contributed by atoms with Crippen LogP contribution in [0.4, 0.5) is 0 Å². The summed E-state index contributed by atoms with van der Waals surface area (Å²) in [5.74, 6) is 1.35. The molecular formula is C27H34O4. The molecule has 4 nitrogen and oxygen atoms in total. The fraction of sp³-hybridized carbons (Fsp3) is 0.444. The number of ether oxygens (including phenoxy) is 2. The van der Waals surface area contributed by atoms with E-state index in [1.165, 1.54) is 11.1 Å². The van der Waals surface area contributed by atoms with Crippen LogP contribution in [0, 0.1) is 20.8 Å². The van der Waals surface area contributed by atoms with E-state index in [1.54, 1.807) is 7.11 Å². The number of methoxy groups -OCH3 is 1. The molecule has 0 bridgehead atoms. The molecule has 2 aromatic rings. The molecule has 2 aromatic carbocycles. The van der Waals surface area contributed by atoms with Gasteiger partial charge in [-0.05, 0) is 81.7 Å². The topological polar surface area (TPSA) is 55.8 Å². The second-order valence-electron chi connectivity index (χ2n) is 9.00. The highest BCUT2D eigenvalue weighted by Crippen LogP contribution is 2.53. The van der Waals surface area contributed by atoms with Gasteiger partial charge in [-0.1, -0.05) is 36.4 Å². The highest BCUT2D eigenvalue weighted by Gasteiger charge is 2.45. The van der Waals surface area contributed by atoms with E-state index in [1.807, 2.05) is 0 Å². The van der Waals surface area contributed by atoms with Gasteiger partial charge < -0.3 is 14.6 Å². The number of carboxylic acids is 1. The predicted octanol–water partition coefficient (Wildman–Crippen LogP) is 6.58. The van der Waals surface area contributed by atoms with Crippen LogP contribution >= 0.6 is 0 Å². The van der Waals surface area contributed by atoms with Crippen molar-refractivity contribution in [2.75, 3.05) is 7.11 Å². The van der Waals surface area contributed by atoms with Crippen molar-refractivity contribution in [2.45, 2.75) is 71.8 Å². The third-order valence-corrected chi connectivity index (χ3v) is 6.38. The molecular weight excluding hydrogens is 388 g/mol. The van der Waals surface area contributed by atoms with Gasteiger partial charge in [0.05, 0.1) is 13.0 Å². The lowest BCUT2D eigenvalue weighted by Crippen LogP contribution is -2.31. The Morgan fingerprint density at radius 1 is 1.10 bits per heavy atom. The molecule has 4 heteroatoms. The fourth-order valence-electron chi connectivity index (χ4n) is 4.70. The Balaban J connectivity index is 1.84. The second kappa shape index (κ2) is 9.17. The van der Waals surface area contributed by atoms with Gasteiger partial charge >= 0.3 is 5.97 Å². The quantitative estimate of drug-likeness (QED) is 0.488. The normalized spacial score (nSPS) is 16.9. The summed E-state index contributed by atoms with van der Waals surface area (Å²) in [7, 11) is 1.74. The van der Waals surface area contributed by atoms with E-state index in [0.717, 1.165) is 53.0 Å². The van der Waals surface area contributed by atoms with Crippen molar-refractivity contribution in [3.05, 3.63) is 63.7 Å². The Labute approximate surface area is 185 Å². The van der Waals surface area contributed by atoms with Crippen LogP contribution < -0.4 is 9.47 Å². The average molecular weight is 423 g/mol. The number of allylic oxidation sites excluding steroid dienone is 1. The minimum absolute atomic E-state index is 0.129. The lowest BCUT2D eigenvalue weighted by atomic mass is 9.78. The molecule has 166 valence electrons. The van der Waals surface area contributed by atoms with Gasteiger partial charge in [0.25, 0.3) is 0 Å². The van der Waals surface area contributed by atoms with Crippen molar-refractivity contribution in [2.24, 2.45) is 0 Å². The van der Waals surface area contributed by atoms with E-state index in [-0.39, 0.29) is 17.9 Å². The third kappa shape index (κ3) is 4.63. The Bertz CT molecular complexity index is 984. The summed E-state index contributed by atoms with van der Waals surface area (Å²) in [5, 5.41) is 8.70. The van der Waals surface area contributed by atoms with Crippen LogP contribution in [0.3, 0.4) is 0 Å². The largest absolute Gasteiger partial charge is 0.496 e. The summed E-state index contributed by atoms with van der Waals surface area (Å²) >= 11 is 0. The monoisotopic (exact) mass is 422 g/mol. The van der Waals surface area contributed by atoms with Gasteiger partial charge in [0.2, 0.25) is 0 Å². The van der Waals surface area contributed by atoms with Gasteiger partial charge in [-0.25, -0.2) is 0 Å². The molecule has 1 N–H and O–H groups in total. The lowest BCUT2D eigenvalue weighted by molar-refractivity contribution is -0.137. The van der Waals surface area contributed by atoms with Gasteiger partial charge in [-0.15, -0.1) is 0 Å². The van der Waals surface area contributed by atoms with E-state index in [9.17, 15) is 4.79 Å². The third-order valence-electron chi connectivity index (χ3n) is 6.38. The number of hydrogen-bond donors (Lipinski definition) is 1. The standard InChI is InChI=1S/C27H34O4/c1-17-18(2)26-23(19(3)25(17)30-6)24(27(4,5)31-26)21-15-13-20(14-16-21)11-9-7-8-10-12-22(28)29/h9,11,13-16,24H,7-8,10,12H2,1-6H3,(H,28,29)/b11-9+. The maximum absolute atomic E-state index is 10.6. The Morgan fingerprint density at radius 2 is 1.77 bits per heavy atom. The van der Waals surface area contributed by atoms with Crippen molar-refractivity contribution >= 4 is 12.0 Å². The maximum atomic E-state index is 10.6. The minimum Gasteiger partial charge on any atom is -0.496 e. The van der Waals surface area contributed by atoms with Crippen LogP contribution in [-0.4, -0.2) is 23.8 Å². The molecule has 31 heavy (non-hydrogen) atoms. The Morgan fingerprint density at radius 3 is 2.39 bits per heavy atom. The van der Waals surface area contributed by atoms with Crippen molar-refractivity contribution in [1.82, 2.24) is 0 Å².